The third-order valence-electron chi connectivity index (χ3n) is 7.07. The third kappa shape index (κ3) is 3.79. The third-order valence-corrected chi connectivity index (χ3v) is 7.07. The number of hydrogen-bond acceptors (Lipinski definition) is 2. The number of benzene rings is 2. The summed E-state index contributed by atoms with van der Waals surface area (Å²) in [6.45, 7) is 6.72. The molecule has 1 N–H and O–H groups in total. The van der Waals surface area contributed by atoms with Crippen molar-refractivity contribution in [3.8, 4) is 11.5 Å². The summed E-state index contributed by atoms with van der Waals surface area (Å²) >= 11 is 0. The average Bonchev–Trinajstić information content (AvgIpc) is 2.69. The minimum absolute atomic E-state index is 0.122. The number of phenolic OH excluding ortho intramolecular Hbond substituents is 1. The highest BCUT2D eigenvalue weighted by molar-refractivity contribution is 5.50. The Balaban J connectivity index is 1.51. The van der Waals surface area contributed by atoms with Gasteiger partial charge in [0.05, 0.1) is 0 Å². The molecule has 3 atom stereocenters. The quantitative estimate of drug-likeness (QED) is 0.609. The van der Waals surface area contributed by atoms with Gasteiger partial charge in [-0.3, -0.25) is 0 Å². The lowest BCUT2D eigenvalue weighted by Gasteiger charge is -2.47. The lowest BCUT2D eigenvalue weighted by molar-refractivity contribution is -0.00645. The van der Waals surface area contributed by atoms with E-state index >= 15 is 0 Å². The van der Waals surface area contributed by atoms with E-state index in [0.29, 0.717) is 23.5 Å². The van der Waals surface area contributed by atoms with Crippen molar-refractivity contribution in [1.29, 1.82) is 0 Å². The Morgan fingerprint density at radius 3 is 2.64 bits per heavy atom. The van der Waals surface area contributed by atoms with E-state index in [9.17, 15) is 5.11 Å². The predicted molar refractivity (Wildman–Crippen MR) is 115 cm³/mol. The SMILES string of the molecule is CC(CCCc1ccccc1)c1cc2c(cc1O)C1CCCCC1C(C)(C)O2. The summed E-state index contributed by atoms with van der Waals surface area (Å²) in [5.41, 5.74) is 3.54. The fourth-order valence-electron chi connectivity index (χ4n) is 5.48. The fourth-order valence-corrected chi connectivity index (χ4v) is 5.48. The molecular weight excluding hydrogens is 344 g/mol. The van der Waals surface area contributed by atoms with Gasteiger partial charge >= 0.3 is 0 Å². The summed E-state index contributed by atoms with van der Waals surface area (Å²) in [6.07, 6.45) is 8.31. The monoisotopic (exact) mass is 378 g/mol. The first kappa shape index (κ1) is 19.4. The minimum Gasteiger partial charge on any atom is -0.508 e. The lowest BCUT2D eigenvalue weighted by Crippen LogP contribution is -2.45. The lowest BCUT2D eigenvalue weighted by atomic mass is 9.66. The van der Waals surface area contributed by atoms with Gasteiger partial charge < -0.3 is 9.84 Å². The Morgan fingerprint density at radius 2 is 1.86 bits per heavy atom. The van der Waals surface area contributed by atoms with E-state index in [-0.39, 0.29) is 5.60 Å². The highest BCUT2D eigenvalue weighted by Crippen LogP contribution is 2.53. The Kier molecular flexibility index (Phi) is 5.40. The molecule has 1 fully saturated rings. The number of aromatic hydroxyl groups is 1. The molecule has 1 saturated carbocycles. The minimum atomic E-state index is -0.122. The van der Waals surface area contributed by atoms with Crippen molar-refractivity contribution in [1.82, 2.24) is 0 Å². The van der Waals surface area contributed by atoms with Gasteiger partial charge in [-0.05, 0) is 75.5 Å². The number of hydrogen-bond donors (Lipinski definition) is 1. The van der Waals surface area contributed by atoms with Crippen LogP contribution in [0.15, 0.2) is 42.5 Å². The number of phenols is 1. The summed E-state index contributed by atoms with van der Waals surface area (Å²) in [5.74, 6) is 2.88. The largest absolute Gasteiger partial charge is 0.508 e. The molecule has 2 aromatic carbocycles. The van der Waals surface area contributed by atoms with Gasteiger partial charge in [0.1, 0.15) is 17.1 Å². The first-order valence-corrected chi connectivity index (χ1v) is 11.1. The first-order chi connectivity index (χ1) is 13.5. The summed E-state index contributed by atoms with van der Waals surface area (Å²) < 4.78 is 6.50. The van der Waals surface area contributed by atoms with Gasteiger partial charge in [-0.25, -0.2) is 0 Å². The zero-order valence-electron chi connectivity index (χ0n) is 17.6. The van der Waals surface area contributed by atoms with Crippen molar-refractivity contribution in [3.05, 3.63) is 59.2 Å². The van der Waals surface area contributed by atoms with E-state index in [4.69, 9.17) is 4.74 Å². The molecule has 2 aromatic rings. The molecule has 0 radical (unpaired) electrons. The van der Waals surface area contributed by atoms with Crippen molar-refractivity contribution in [2.75, 3.05) is 0 Å². The summed E-state index contributed by atoms with van der Waals surface area (Å²) in [7, 11) is 0. The molecule has 150 valence electrons. The number of rotatable bonds is 5. The molecule has 2 nitrogen and oxygen atoms in total. The second-order valence-electron chi connectivity index (χ2n) is 9.43. The molecule has 1 heterocycles. The van der Waals surface area contributed by atoms with E-state index in [0.717, 1.165) is 30.6 Å². The molecule has 3 unspecified atom stereocenters. The maximum atomic E-state index is 10.8. The summed E-state index contributed by atoms with van der Waals surface area (Å²) in [5, 5.41) is 10.8. The smallest absolute Gasteiger partial charge is 0.124 e. The van der Waals surface area contributed by atoms with Gasteiger partial charge in [0, 0.05) is 17.0 Å². The van der Waals surface area contributed by atoms with Crippen LogP contribution in [0, 0.1) is 5.92 Å². The normalized spacial score (nSPS) is 24.0. The van der Waals surface area contributed by atoms with Gasteiger partial charge in [-0.2, -0.15) is 0 Å². The van der Waals surface area contributed by atoms with Crippen LogP contribution < -0.4 is 4.74 Å². The molecule has 0 spiro atoms. The number of ether oxygens (including phenoxy) is 1. The van der Waals surface area contributed by atoms with E-state index in [2.05, 4.69) is 57.2 Å². The summed E-state index contributed by atoms with van der Waals surface area (Å²) in [4.78, 5) is 0. The van der Waals surface area contributed by atoms with Crippen LogP contribution in [-0.2, 0) is 6.42 Å². The van der Waals surface area contributed by atoms with E-state index in [1.54, 1.807) is 0 Å². The van der Waals surface area contributed by atoms with Crippen molar-refractivity contribution in [3.63, 3.8) is 0 Å². The second-order valence-corrected chi connectivity index (χ2v) is 9.43. The Labute approximate surface area is 169 Å². The molecular formula is C26H34O2. The van der Waals surface area contributed by atoms with Crippen LogP contribution in [0.3, 0.4) is 0 Å². The van der Waals surface area contributed by atoms with Crippen LogP contribution in [0.4, 0.5) is 0 Å². The standard InChI is InChI=1S/C26H34O2/c1-18(10-9-13-19-11-5-4-6-12-19)21-17-25-22(16-24(21)27)20-14-7-8-15-23(20)26(2,3)28-25/h4-6,11-12,16-18,20,23,27H,7-10,13-15H2,1-3H3. The van der Waals surface area contributed by atoms with Gasteiger partial charge in [-0.1, -0.05) is 50.1 Å². The maximum Gasteiger partial charge on any atom is 0.124 e. The number of aryl methyl sites for hydroxylation is 1. The van der Waals surface area contributed by atoms with Gasteiger partial charge in [0.2, 0.25) is 0 Å². The first-order valence-electron chi connectivity index (χ1n) is 11.1. The molecule has 4 rings (SSSR count). The van der Waals surface area contributed by atoms with Crippen LogP contribution in [0.2, 0.25) is 0 Å². The Bertz CT molecular complexity index is 809. The molecule has 0 bridgehead atoms. The van der Waals surface area contributed by atoms with E-state index in [1.807, 2.05) is 6.07 Å². The molecule has 2 aliphatic rings. The zero-order chi connectivity index (χ0) is 19.7. The highest BCUT2D eigenvalue weighted by Gasteiger charge is 2.44. The van der Waals surface area contributed by atoms with E-state index < -0.39 is 0 Å². The Hall–Kier alpha value is -1.96. The zero-order valence-corrected chi connectivity index (χ0v) is 17.6. The van der Waals surface area contributed by atoms with Crippen LogP contribution in [0.5, 0.6) is 11.5 Å². The molecule has 0 aromatic heterocycles. The van der Waals surface area contributed by atoms with Crippen molar-refractivity contribution < 1.29 is 9.84 Å². The van der Waals surface area contributed by atoms with Gasteiger partial charge in [0.25, 0.3) is 0 Å². The molecule has 0 amide bonds. The second kappa shape index (κ2) is 7.81. The Morgan fingerprint density at radius 1 is 1.11 bits per heavy atom. The van der Waals surface area contributed by atoms with Crippen LogP contribution in [0.1, 0.15) is 87.8 Å². The van der Waals surface area contributed by atoms with Gasteiger partial charge in [-0.15, -0.1) is 0 Å². The maximum absolute atomic E-state index is 10.8. The molecule has 1 aliphatic carbocycles. The average molecular weight is 379 g/mol. The van der Waals surface area contributed by atoms with Crippen molar-refractivity contribution in [2.24, 2.45) is 5.92 Å². The molecule has 0 saturated heterocycles. The predicted octanol–water partition coefficient (Wildman–Crippen LogP) is 6.96. The van der Waals surface area contributed by atoms with Crippen LogP contribution >= 0.6 is 0 Å². The van der Waals surface area contributed by atoms with Crippen LogP contribution in [0.25, 0.3) is 0 Å². The van der Waals surface area contributed by atoms with Crippen molar-refractivity contribution in [2.45, 2.75) is 83.2 Å². The summed E-state index contributed by atoms with van der Waals surface area (Å²) in [6, 6.07) is 14.8. The molecule has 1 aliphatic heterocycles. The van der Waals surface area contributed by atoms with Crippen molar-refractivity contribution >= 4 is 0 Å². The number of fused-ring (bicyclic) bond motifs is 3. The highest BCUT2D eigenvalue weighted by atomic mass is 16.5. The fraction of sp³-hybridized carbons (Fsp3) is 0.538. The molecule has 28 heavy (non-hydrogen) atoms. The van der Waals surface area contributed by atoms with Crippen LogP contribution in [-0.4, -0.2) is 10.7 Å². The van der Waals surface area contributed by atoms with E-state index in [1.165, 1.54) is 36.8 Å². The topological polar surface area (TPSA) is 29.5 Å². The van der Waals surface area contributed by atoms with Gasteiger partial charge in [0.15, 0.2) is 0 Å². The molecule has 2 heteroatoms.